The fraction of sp³-hybridized carbons (Fsp3) is 0.688. The zero-order valence-corrected chi connectivity index (χ0v) is 15.5. The molecular weight excluding hydrogens is 342 g/mol. The van der Waals surface area contributed by atoms with Gasteiger partial charge >= 0.3 is 0 Å². The van der Waals surface area contributed by atoms with Gasteiger partial charge in [-0.2, -0.15) is 0 Å². The molecule has 0 radical (unpaired) electrons. The molecule has 4 rings (SSSR count). The Balaban J connectivity index is 1.36. The summed E-state index contributed by atoms with van der Waals surface area (Å²) in [6, 6.07) is 0.485. The SMILES string of the molecule is CSc1nc2ncnc(NC3CCN(CC4CCOC4)CC3)c2s1. The Morgan fingerprint density at radius 1 is 1.33 bits per heavy atom. The summed E-state index contributed by atoms with van der Waals surface area (Å²) in [5.74, 6) is 1.68. The van der Waals surface area contributed by atoms with Gasteiger partial charge in [0.2, 0.25) is 0 Å². The largest absolute Gasteiger partial charge is 0.381 e. The molecule has 0 amide bonds. The Bertz CT molecular complexity index is 680. The summed E-state index contributed by atoms with van der Waals surface area (Å²) in [4.78, 5) is 15.9. The number of nitrogens with one attached hydrogen (secondary N) is 1. The molecule has 2 fully saturated rings. The first-order valence-electron chi connectivity index (χ1n) is 8.54. The van der Waals surface area contributed by atoms with Crippen LogP contribution in [-0.2, 0) is 4.74 Å². The molecule has 0 saturated carbocycles. The highest BCUT2D eigenvalue weighted by molar-refractivity contribution is 8.00. The van der Waals surface area contributed by atoms with Crippen molar-refractivity contribution in [2.75, 3.05) is 44.4 Å². The van der Waals surface area contributed by atoms with E-state index in [4.69, 9.17) is 4.74 Å². The number of ether oxygens (including phenoxy) is 1. The highest BCUT2D eigenvalue weighted by atomic mass is 32.2. The summed E-state index contributed by atoms with van der Waals surface area (Å²) in [6.07, 6.45) is 7.20. The van der Waals surface area contributed by atoms with Crippen LogP contribution in [0.15, 0.2) is 10.7 Å². The lowest BCUT2D eigenvalue weighted by atomic mass is 10.0. The maximum atomic E-state index is 5.49. The fourth-order valence-electron chi connectivity index (χ4n) is 3.47. The number of piperidine rings is 1. The van der Waals surface area contributed by atoms with Crippen LogP contribution in [0.2, 0.25) is 0 Å². The Morgan fingerprint density at radius 3 is 2.96 bits per heavy atom. The number of thiazole rings is 1. The molecule has 6 nitrogen and oxygen atoms in total. The molecule has 0 aromatic carbocycles. The number of hydrogen-bond acceptors (Lipinski definition) is 8. The minimum atomic E-state index is 0.485. The number of rotatable bonds is 5. The third kappa shape index (κ3) is 3.66. The van der Waals surface area contributed by atoms with Gasteiger partial charge in [0.25, 0.3) is 0 Å². The number of anilines is 1. The van der Waals surface area contributed by atoms with Crippen molar-refractivity contribution in [3.8, 4) is 0 Å². The molecule has 0 bridgehead atoms. The lowest BCUT2D eigenvalue weighted by Gasteiger charge is -2.33. The van der Waals surface area contributed by atoms with Gasteiger partial charge in [-0.05, 0) is 31.4 Å². The monoisotopic (exact) mass is 365 g/mol. The first kappa shape index (κ1) is 16.5. The van der Waals surface area contributed by atoms with Crippen molar-refractivity contribution in [1.29, 1.82) is 0 Å². The average molecular weight is 366 g/mol. The second kappa shape index (κ2) is 7.51. The number of nitrogens with zero attached hydrogens (tertiary/aromatic N) is 4. The van der Waals surface area contributed by atoms with Crippen molar-refractivity contribution in [3.63, 3.8) is 0 Å². The van der Waals surface area contributed by atoms with Crippen molar-refractivity contribution in [2.24, 2.45) is 5.92 Å². The molecule has 8 heteroatoms. The summed E-state index contributed by atoms with van der Waals surface area (Å²) in [5.41, 5.74) is 0.806. The van der Waals surface area contributed by atoms with Crippen molar-refractivity contribution in [3.05, 3.63) is 6.33 Å². The van der Waals surface area contributed by atoms with E-state index in [1.54, 1.807) is 29.4 Å². The van der Waals surface area contributed by atoms with Crippen LogP contribution in [0.3, 0.4) is 0 Å². The van der Waals surface area contributed by atoms with Gasteiger partial charge < -0.3 is 15.0 Å². The van der Waals surface area contributed by atoms with E-state index in [0.29, 0.717) is 6.04 Å². The van der Waals surface area contributed by atoms with E-state index in [-0.39, 0.29) is 0 Å². The molecule has 0 aliphatic carbocycles. The van der Waals surface area contributed by atoms with Crippen LogP contribution in [0.5, 0.6) is 0 Å². The number of fused-ring (bicyclic) bond motifs is 1. The predicted octanol–water partition coefficient (Wildman–Crippen LogP) is 2.72. The van der Waals surface area contributed by atoms with Gasteiger partial charge in [0, 0.05) is 32.3 Å². The molecule has 130 valence electrons. The van der Waals surface area contributed by atoms with Crippen molar-refractivity contribution in [1.82, 2.24) is 19.9 Å². The second-order valence-corrected chi connectivity index (χ2v) is 8.56. The molecule has 2 saturated heterocycles. The summed E-state index contributed by atoms with van der Waals surface area (Å²) in [5, 5.41) is 3.63. The van der Waals surface area contributed by atoms with Gasteiger partial charge in [0.1, 0.15) is 16.8 Å². The zero-order chi connectivity index (χ0) is 16.4. The van der Waals surface area contributed by atoms with Crippen LogP contribution >= 0.6 is 23.1 Å². The first-order valence-corrected chi connectivity index (χ1v) is 10.6. The van der Waals surface area contributed by atoms with Crippen LogP contribution in [0, 0.1) is 5.92 Å². The molecule has 24 heavy (non-hydrogen) atoms. The van der Waals surface area contributed by atoms with Crippen LogP contribution in [0.1, 0.15) is 19.3 Å². The highest BCUT2D eigenvalue weighted by Crippen LogP contribution is 2.31. The smallest absolute Gasteiger partial charge is 0.176 e. The third-order valence-electron chi connectivity index (χ3n) is 4.82. The Kier molecular flexibility index (Phi) is 5.17. The molecular formula is C16H23N5OS2. The minimum Gasteiger partial charge on any atom is -0.381 e. The van der Waals surface area contributed by atoms with Gasteiger partial charge in [-0.15, -0.1) is 11.3 Å². The molecule has 1 atom stereocenters. The van der Waals surface area contributed by atoms with Gasteiger partial charge in [-0.25, -0.2) is 15.0 Å². The Morgan fingerprint density at radius 2 is 2.21 bits per heavy atom. The summed E-state index contributed by atoms with van der Waals surface area (Å²) in [7, 11) is 0. The van der Waals surface area contributed by atoms with E-state index >= 15 is 0 Å². The molecule has 4 heterocycles. The topological polar surface area (TPSA) is 63.2 Å². The minimum absolute atomic E-state index is 0.485. The molecule has 0 spiro atoms. The number of aromatic nitrogens is 3. The van der Waals surface area contributed by atoms with Crippen molar-refractivity contribution in [2.45, 2.75) is 29.6 Å². The van der Waals surface area contributed by atoms with Gasteiger partial charge in [0.05, 0.1) is 6.61 Å². The van der Waals surface area contributed by atoms with E-state index in [1.807, 2.05) is 6.26 Å². The highest BCUT2D eigenvalue weighted by Gasteiger charge is 2.24. The standard InChI is InChI=1S/C16H23N5OS2/c1-23-16-20-15-13(24-16)14(17-10-18-15)19-12-2-5-21(6-3-12)8-11-4-7-22-9-11/h10-12H,2-9H2,1H3,(H,17,18,19). The van der Waals surface area contributed by atoms with Crippen molar-refractivity contribution < 1.29 is 4.74 Å². The average Bonchev–Trinajstić information content (AvgIpc) is 3.26. The van der Waals surface area contributed by atoms with E-state index in [0.717, 1.165) is 65.6 Å². The van der Waals surface area contributed by atoms with Gasteiger partial charge in [-0.1, -0.05) is 11.8 Å². The Hall–Kier alpha value is -0.960. The predicted molar refractivity (Wildman–Crippen MR) is 99.0 cm³/mol. The number of hydrogen-bond donors (Lipinski definition) is 1. The van der Waals surface area contributed by atoms with Crippen LogP contribution in [-0.4, -0.2) is 65.0 Å². The molecule has 1 N–H and O–H groups in total. The lowest BCUT2D eigenvalue weighted by Crippen LogP contribution is -2.41. The molecule has 2 aliphatic heterocycles. The fourth-order valence-corrected chi connectivity index (χ4v) is 4.94. The van der Waals surface area contributed by atoms with Crippen LogP contribution in [0.4, 0.5) is 5.82 Å². The zero-order valence-electron chi connectivity index (χ0n) is 13.9. The van der Waals surface area contributed by atoms with E-state index in [2.05, 4.69) is 25.2 Å². The second-order valence-electron chi connectivity index (χ2n) is 6.51. The quantitative estimate of drug-likeness (QED) is 0.817. The summed E-state index contributed by atoms with van der Waals surface area (Å²) < 4.78 is 7.61. The molecule has 2 aromatic rings. The Labute approximate surface area is 150 Å². The normalized spacial score (nSPS) is 23.1. The maximum Gasteiger partial charge on any atom is 0.176 e. The number of thioether (sulfide) groups is 1. The van der Waals surface area contributed by atoms with E-state index < -0.39 is 0 Å². The van der Waals surface area contributed by atoms with Crippen molar-refractivity contribution >= 4 is 39.3 Å². The summed E-state index contributed by atoms with van der Waals surface area (Å²) >= 11 is 3.33. The van der Waals surface area contributed by atoms with Crippen LogP contribution < -0.4 is 5.32 Å². The first-order chi connectivity index (χ1) is 11.8. The van der Waals surface area contributed by atoms with Gasteiger partial charge in [-0.3, -0.25) is 0 Å². The van der Waals surface area contributed by atoms with Crippen LogP contribution in [0.25, 0.3) is 10.3 Å². The summed E-state index contributed by atoms with van der Waals surface area (Å²) in [6.45, 7) is 5.39. The lowest BCUT2D eigenvalue weighted by molar-refractivity contribution is 0.154. The number of likely N-dealkylation sites (tertiary alicyclic amines) is 1. The molecule has 2 aliphatic rings. The maximum absolute atomic E-state index is 5.49. The van der Waals surface area contributed by atoms with E-state index in [9.17, 15) is 0 Å². The van der Waals surface area contributed by atoms with Gasteiger partial charge in [0.15, 0.2) is 9.99 Å². The van der Waals surface area contributed by atoms with E-state index in [1.165, 1.54) is 13.0 Å². The molecule has 1 unspecified atom stereocenters. The molecule has 2 aromatic heterocycles. The third-order valence-corrected chi connectivity index (χ3v) is 6.85.